The predicted molar refractivity (Wildman–Crippen MR) is 72.1 cm³/mol. The van der Waals surface area contributed by atoms with Crippen molar-refractivity contribution in [1.82, 2.24) is 4.90 Å². The van der Waals surface area contributed by atoms with Crippen molar-refractivity contribution in [3.63, 3.8) is 0 Å². The van der Waals surface area contributed by atoms with E-state index < -0.39 is 0 Å². The molecule has 1 aromatic carbocycles. The second kappa shape index (κ2) is 7.33. The zero-order valence-electron chi connectivity index (χ0n) is 10.9. The van der Waals surface area contributed by atoms with Crippen molar-refractivity contribution in [2.24, 2.45) is 5.92 Å². The standard InChI is InChI=1S/C14H19N3O/c1-12(2)11-17(10-6-9-15)14(18)16-13-7-4-3-5-8-13/h3-5,7-8,12H,6,10-11H2,1-2H3,(H,16,18). The Balaban J connectivity index is 2.61. The number of anilines is 1. The molecule has 0 aliphatic rings. The molecule has 1 rings (SSSR count). The molecule has 2 amide bonds. The molecule has 18 heavy (non-hydrogen) atoms. The molecule has 0 atom stereocenters. The molecule has 0 aliphatic carbocycles. The van der Waals surface area contributed by atoms with E-state index in [2.05, 4.69) is 25.2 Å². The fourth-order valence-corrected chi connectivity index (χ4v) is 1.63. The molecule has 0 heterocycles. The molecule has 1 N–H and O–H groups in total. The molecule has 1 aromatic rings. The van der Waals surface area contributed by atoms with Crippen molar-refractivity contribution in [3.05, 3.63) is 30.3 Å². The highest BCUT2D eigenvalue weighted by molar-refractivity contribution is 5.89. The van der Waals surface area contributed by atoms with E-state index in [-0.39, 0.29) is 6.03 Å². The van der Waals surface area contributed by atoms with E-state index in [1.165, 1.54) is 0 Å². The molecule has 0 unspecified atom stereocenters. The number of para-hydroxylation sites is 1. The summed E-state index contributed by atoms with van der Waals surface area (Å²) in [4.78, 5) is 13.7. The summed E-state index contributed by atoms with van der Waals surface area (Å²) in [5.74, 6) is 0.380. The third kappa shape index (κ3) is 4.88. The van der Waals surface area contributed by atoms with Gasteiger partial charge >= 0.3 is 6.03 Å². The molecular weight excluding hydrogens is 226 g/mol. The zero-order valence-corrected chi connectivity index (χ0v) is 10.9. The summed E-state index contributed by atoms with van der Waals surface area (Å²) >= 11 is 0. The van der Waals surface area contributed by atoms with E-state index >= 15 is 0 Å². The van der Waals surface area contributed by atoms with Gasteiger partial charge in [0.15, 0.2) is 0 Å². The molecule has 4 nitrogen and oxygen atoms in total. The van der Waals surface area contributed by atoms with Crippen molar-refractivity contribution in [1.29, 1.82) is 5.26 Å². The minimum Gasteiger partial charge on any atom is -0.323 e. The van der Waals surface area contributed by atoms with Crippen molar-refractivity contribution >= 4 is 11.7 Å². The first-order valence-corrected chi connectivity index (χ1v) is 6.11. The van der Waals surface area contributed by atoms with Crippen LogP contribution in [0.2, 0.25) is 0 Å². The summed E-state index contributed by atoms with van der Waals surface area (Å²) < 4.78 is 0. The van der Waals surface area contributed by atoms with Gasteiger partial charge in [0.1, 0.15) is 0 Å². The Morgan fingerprint density at radius 2 is 2.06 bits per heavy atom. The average molecular weight is 245 g/mol. The number of amides is 2. The van der Waals surface area contributed by atoms with Crippen LogP contribution >= 0.6 is 0 Å². The largest absolute Gasteiger partial charge is 0.323 e. The van der Waals surface area contributed by atoms with Gasteiger partial charge in [0, 0.05) is 18.8 Å². The number of benzene rings is 1. The molecule has 0 aromatic heterocycles. The van der Waals surface area contributed by atoms with Gasteiger partial charge in [0.05, 0.1) is 12.5 Å². The van der Waals surface area contributed by atoms with E-state index in [4.69, 9.17) is 5.26 Å². The molecule has 4 heteroatoms. The van der Waals surface area contributed by atoms with E-state index in [1.54, 1.807) is 4.90 Å². The van der Waals surface area contributed by atoms with Gasteiger partial charge in [0.2, 0.25) is 0 Å². The molecule has 0 aliphatic heterocycles. The molecule has 0 fully saturated rings. The van der Waals surface area contributed by atoms with Crippen molar-refractivity contribution in [2.75, 3.05) is 18.4 Å². The fourth-order valence-electron chi connectivity index (χ4n) is 1.63. The predicted octanol–water partition coefficient (Wildman–Crippen LogP) is 3.09. The van der Waals surface area contributed by atoms with Crippen LogP contribution in [-0.2, 0) is 0 Å². The van der Waals surface area contributed by atoms with Crippen LogP contribution in [0.15, 0.2) is 30.3 Å². The van der Waals surface area contributed by atoms with Gasteiger partial charge in [-0.05, 0) is 18.1 Å². The number of nitriles is 1. The highest BCUT2D eigenvalue weighted by Gasteiger charge is 2.14. The molecule has 0 radical (unpaired) electrons. The zero-order chi connectivity index (χ0) is 13.4. The number of hydrogen-bond donors (Lipinski definition) is 1. The van der Waals surface area contributed by atoms with Crippen LogP contribution in [0, 0.1) is 17.2 Å². The Hall–Kier alpha value is -2.02. The van der Waals surface area contributed by atoms with Gasteiger partial charge in [0.25, 0.3) is 0 Å². The van der Waals surface area contributed by atoms with Crippen LogP contribution in [-0.4, -0.2) is 24.0 Å². The van der Waals surface area contributed by atoms with Gasteiger partial charge in [-0.15, -0.1) is 0 Å². The van der Waals surface area contributed by atoms with Crippen LogP contribution in [0.5, 0.6) is 0 Å². The minimum atomic E-state index is -0.148. The molecule has 96 valence electrons. The number of carbonyl (C=O) groups excluding carboxylic acids is 1. The van der Waals surface area contributed by atoms with Crippen molar-refractivity contribution < 1.29 is 4.79 Å². The summed E-state index contributed by atoms with van der Waals surface area (Å²) in [6, 6.07) is 11.3. The van der Waals surface area contributed by atoms with Gasteiger partial charge in [-0.1, -0.05) is 32.0 Å². The molecular formula is C14H19N3O. The highest BCUT2D eigenvalue weighted by atomic mass is 16.2. The van der Waals surface area contributed by atoms with E-state index in [1.807, 2.05) is 30.3 Å². The van der Waals surface area contributed by atoms with E-state index in [0.717, 1.165) is 5.69 Å². The van der Waals surface area contributed by atoms with Crippen LogP contribution in [0.1, 0.15) is 20.3 Å². The molecule has 0 saturated heterocycles. The Bertz CT molecular complexity index is 409. The van der Waals surface area contributed by atoms with Crippen LogP contribution in [0.25, 0.3) is 0 Å². The van der Waals surface area contributed by atoms with E-state index in [9.17, 15) is 4.79 Å². The van der Waals surface area contributed by atoms with E-state index in [0.29, 0.717) is 25.4 Å². The van der Waals surface area contributed by atoms with Gasteiger partial charge in [-0.3, -0.25) is 0 Å². The lowest BCUT2D eigenvalue weighted by atomic mass is 10.2. The molecule has 0 spiro atoms. The maximum Gasteiger partial charge on any atom is 0.321 e. The lowest BCUT2D eigenvalue weighted by Gasteiger charge is -2.23. The summed E-state index contributed by atoms with van der Waals surface area (Å²) in [5.41, 5.74) is 0.771. The smallest absolute Gasteiger partial charge is 0.321 e. The number of carbonyl (C=O) groups is 1. The average Bonchev–Trinajstić information content (AvgIpc) is 2.35. The first-order chi connectivity index (χ1) is 8.63. The Labute approximate surface area is 108 Å². The summed E-state index contributed by atoms with van der Waals surface area (Å²) in [7, 11) is 0. The first kappa shape index (κ1) is 14.0. The third-order valence-corrected chi connectivity index (χ3v) is 2.39. The minimum absolute atomic E-state index is 0.148. The fraction of sp³-hybridized carbons (Fsp3) is 0.429. The Kier molecular flexibility index (Phi) is 5.72. The quantitative estimate of drug-likeness (QED) is 0.866. The number of urea groups is 1. The topological polar surface area (TPSA) is 56.1 Å². The van der Waals surface area contributed by atoms with Crippen LogP contribution in [0.3, 0.4) is 0 Å². The Morgan fingerprint density at radius 3 is 2.61 bits per heavy atom. The van der Waals surface area contributed by atoms with Gasteiger partial charge in [-0.25, -0.2) is 4.79 Å². The number of nitrogens with zero attached hydrogens (tertiary/aromatic N) is 2. The number of hydrogen-bond acceptors (Lipinski definition) is 2. The summed E-state index contributed by atoms with van der Waals surface area (Å²) in [6.45, 7) is 5.22. The van der Waals surface area contributed by atoms with Crippen molar-refractivity contribution in [2.45, 2.75) is 20.3 Å². The molecule has 0 bridgehead atoms. The lowest BCUT2D eigenvalue weighted by molar-refractivity contribution is 0.206. The van der Waals surface area contributed by atoms with Crippen molar-refractivity contribution in [3.8, 4) is 6.07 Å². The lowest BCUT2D eigenvalue weighted by Crippen LogP contribution is -2.38. The van der Waals surface area contributed by atoms with Crippen LogP contribution in [0.4, 0.5) is 10.5 Å². The third-order valence-electron chi connectivity index (χ3n) is 2.39. The van der Waals surface area contributed by atoms with Gasteiger partial charge < -0.3 is 10.2 Å². The number of nitrogens with one attached hydrogen (secondary N) is 1. The maximum absolute atomic E-state index is 12.1. The second-order valence-corrected chi connectivity index (χ2v) is 4.54. The second-order valence-electron chi connectivity index (χ2n) is 4.54. The summed E-state index contributed by atoms with van der Waals surface area (Å²) in [5, 5.41) is 11.4. The summed E-state index contributed by atoms with van der Waals surface area (Å²) in [6.07, 6.45) is 0.356. The highest BCUT2D eigenvalue weighted by Crippen LogP contribution is 2.08. The molecule has 0 saturated carbocycles. The normalized spacial score (nSPS) is 9.89. The maximum atomic E-state index is 12.1. The first-order valence-electron chi connectivity index (χ1n) is 6.11. The van der Waals surface area contributed by atoms with Crippen LogP contribution < -0.4 is 5.32 Å². The van der Waals surface area contributed by atoms with Gasteiger partial charge in [-0.2, -0.15) is 5.26 Å². The monoisotopic (exact) mass is 245 g/mol. The number of rotatable bonds is 5. The Morgan fingerprint density at radius 1 is 1.39 bits per heavy atom. The SMILES string of the molecule is CC(C)CN(CCC#N)C(=O)Nc1ccccc1.